The SMILES string of the molecule is CCCCCCCCOc1ccc(Cc2c(OC)cc(OC)cc2OC)cc1.F[P-](F)(F)(F)(F)F. The van der Waals surface area contributed by atoms with E-state index in [1.54, 1.807) is 21.3 Å². The number of rotatable bonds is 13. The van der Waals surface area contributed by atoms with Crippen molar-refractivity contribution >= 4 is 7.81 Å². The summed E-state index contributed by atoms with van der Waals surface area (Å²) >= 11 is 0. The molecule has 0 fully saturated rings. The standard InChI is InChI=1S/C24H34O4.F6P/c1-5-6-7-8-9-10-15-28-20-13-11-19(12-14-20)16-22-23(26-3)17-21(25-2)18-24(22)27-4;1-7(2,3,4,5)6/h11-14,17-18H,5-10,15-16H2,1-4H3;/q;-1. The van der Waals surface area contributed by atoms with Crippen LogP contribution in [0.3, 0.4) is 0 Å². The van der Waals surface area contributed by atoms with Crippen molar-refractivity contribution in [2.45, 2.75) is 51.9 Å². The van der Waals surface area contributed by atoms with Gasteiger partial charge in [0.1, 0.15) is 23.0 Å². The first kappa shape index (κ1) is 30.7. The summed E-state index contributed by atoms with van der Waals surface area (Å²) in [6.07, 6.45) is 8.35. The van der Waals surface area contributed by atoms with Gasteiger partial charge in [-0.15, -0.1) is 0 Å². The summed E-state index contributed by atoms with van der Waals surface area (Å²) in [5, 5.41) is 0. The fourth-order valence-electron chi connectivity index (χ4n) is 3.23. The van der Waals surface area contributed by atoms with Gasteiger partial charge in [-0.25, -0.2) is 0 Å². The predicted octanol–water partition coefficient (Wildman–Crippen LogP) is 9.42. The van der Waals surface area contributed by atoms with Crippen molar-refractivity contribution < 1.29 is 44.1 Å². The van der Waals surface area contributed by atoms with Crippen LogP contribution in [0, 0.1) is 0 Å². The van der Waals surface area contributed by atoms with Crippen molar-refractivity contribution in [2.24, 2.45) is 0 Å². The Labute approximate surface area is 202 Å². The van der Waals surface area contributed by atoms with Crippen molar-refractivity contribution in [2.75, 3.05) is 27.9 Å². The average molecular weight is 531 g/mol. The fraction of sp³-hybridized carbons (Fsp3) is 0.500. The van der Waals surface area contributed by atoms with Gasteiger partial charge in [-0.1, -0.05) is 51.2 Å². The number of halogens is 6. The van der Waals surface area contributed by atoms with Crippen LogP contribution in [0.2, 0.25) is 0 Å². The molecule has 2 aromatic carbocycles. The molecule has 0 aliphatic heterocycles. The summed E-state index contributed by atoms with van der Waals surface area (Å²) in [5.74, 6) is 3.17. The minimum atomic E-state index is -10.7. The molecule has 2 rings (SSSR count). The van der Waals surface area contributed by atoms with Crippen molar-refractivity contribution in [3.63, 3.8) is 0 Å². The van der Waals surface area contributed by atoms with E-state index in [0.29, 0.717) is 6.42 Å². The van der Waals surface area contributed by atoms with Crippen LogP contribution in [0.5, 0.6) is 23.0 Å². The van der Waals surface area contributed by atoms with E-state index in [-0.39, 0.29) is 0 Å². The van der Waals surface area contributed by atoms with Gasteiger partial charge < -0.3 is 18.9 Å². The van der Waals surface area contributed by atoms with E-state index in [0.717, 1.165) is 41.6 Å². The number of ether oxygens (including phenoxy) is 4. The van der Waals surface area contributed by atoms with E-state index in [1.807, 2.05) is 24.3 Å². The number of hydrogen-bond acceptors (Lipinski definition) is 4. The van der Waals surface area contributed by atoms with Gasteiger partial charge in [0.2, 0.25) is 0 Å². The van der Waals surface area contributed by atoms with Crippen LogP contribution < -0.4 is 18.9 Å². The fourth-order valence-corrected chi connectivity index (χ4v) is 3.23. The zero-order valence-electron chi connectivity index (χ0n) is 20.5. The van der Waals surface area contributed by atoms with Gasteiger partial charge in [0.05, 0.1) is 27.9 Å². The predicted molar refractivity (Wildman–Crippen MR) is 128 cm³/mol. The average Bonchev–Trinajstić information content (AvgIpc) is 2.77. The summed E-state index contributed by atoms with van der Waals surface area (Å²) in [5.41, 5.74) is 2.18. The Bertz CT molecular complexity index is 867. The molecule has 11 heteroatoms. The zero-order chi connectivity index (χ0) is 26.6. The monoisotopic (exact) mass is 531 g/mol. The second-order valence-electron chi connectivity index (χ2n) is 7.91. The van der Waals surface area contributed by atoms with Crippen LogP contribution in [0.15, 0.2) is 36.4 Å². The molecule has 0 saturated carbocycles. The maximum absolute atomic E-state index is 10.7. The first-order valence-electron chi connectivity index (χ1n) is 11.2. The molecule has 4 nitrogen and oxygen atoms in total. The van der Waals surface area contributed by atoms with Gasteiger partial charge in [-0.05, 0) is 24.1 Å². The molecule has 0 N–H and O–H groups in total. The number of unbranched alkanes of at least 4 members (excludes halogenated alkanes) is 5. The number of hydrogen-bond donors (Lipinski definition) is 0. The first-order valence-corrected chi connectivity index (χ1v) is 13.3. The summed E-state index contributed by atoms with van der Waals surface area (Å²) in [6.45, 7) is 3.03. The molecular formula is C24H34F6O4P-. The van der Waals surface area contributed by atoms with Gasteiger partial charge in [0, 0.05) is 24.1 Å². The van der Waals surface area contributed by atoms with E-state index >= 15 is 0 Å². The van der Waals surface area contributed by atoms with Crippen molar-refractivity contribution in [1.29, 1.82) is 0 Å². The van der Waals surface area contributed by atoms with Gasteiger partial charge in [0.25, 0.3) is 0 Å². The molecule has 202 valence electrons. The van der Waals surface area contributed by atoms with Gasteiger partial charge >= 0.3 is 33.0 Å². The van der Waals surface area contributed by atoms with E-state index < -0.39 is 7.81 Å². The summed E-state index contributed by atoms with van der Waals surface area (Å²) < 4.78 is 81.5. The summed E-state index contributed by atoms with van der Waals surface area (Å²) in [6, 6.07) is 12.0. The molecule has 0 spiro atoms. The Hall–Kier alpha value is -2.35. The molecule has 0 radical (unpaired) electrons. The molecule has 0 aliphatic rings. The van der Waals surface area contributed by atoms with Crippen LogP contribution in [0.1, 0.15) is 56.6 Å². The summed E-state index contributed by atoms with van der Waals surface area (Å²) in [4.78, 5) is 0. The van der Waals surface area contributed by atoms with Gasteiger partial charge in [-0.3, -0.25) is 0 Å². The maximum atomic E-state index is 9.87. The third-order valence-electron chi connectivity index (χ3n) is 4.89. The Morgan fingerprint density at radius 1 is 0.657 bits per heavy atom. The van der Waals surface area contributed by atoms with Crippen LogP contribution in [-0.4, -0.2) is 27.9 Å². The second kappa shape index (κ2) is 12.6. The third kappa shape index (κ3) is 15.3. The van der Waals surface area contributed by atoms with Gasteiger partial charge in [0.15, 0.2) is 0 Å². The molecule has 0 aliphatic carbocycles. The molecule has 0 saturated heterocycles. The van der Waals surface area contributed by atoms with E-state index in [2.05, 4.69) is 19.1 Å². The quantitative estimate of drug-likeness (QED) is 0.147. The normalized spacial score (nSPS) is 13.1. The van der Waals surface area contributed by atoms with Crippen molar-refractivity contribution in [3.05, 3.63) is 47.5 Å². The van der Waals surface area contributed by atoms with Crippen LogP contribution >= 0.6 is 7.81 Å². The Balaban J connectivity index is 0.000000762. The number of benzene rings is 2. The first-order chi connectivity index (χ1) is 16.2. The Kier molecular flexibility index (Phi) is 11.0. The van der Waals surface area contributed by atoms with E-state index in [1.165, 1.54) is 37.7 Å². The molecule has 0 unspecified atom stereocenters. The van der Waals surface area contributed by atoms with Crippen LogP contribution in [0.25, 0.3) is 0 Å². The molecular weight excluding hydrogens is 497 g/mol. The van der Waals surface area contributed by atoms with Crippen LogP contribution in [-0.2, 0) is 6.42 Å². The van der Waals surface area contributed by atoms with E-state index in [4.69, 9.17) is 18.9 Å². The van der Waals surface area contributed by atoms with Crippen LogP contribution in [0.4, 0.5) is 25.2 Å². The third-order valence-corrected chi connectivity index (χ3v) is 4.89. The zero-order valence-corrected chi connectivity index (χ0v) is 21.4. The molecule has 2 aromatic rings. The molecule has 0 heterocycles. The molecule has 0 bridgehead atoms. The second-order valence-corrected chi connectivity index (χ2v) is 9.82. The molecule has 35 heavy (non-hydrogen) atoms. The van der Waals surface area contributed by atoms with Gasteiger partial charge in [-0.2, -0.15) is 0 Å². The Morgan fingerprint density at radius 2 is 1.14 bits per heavy atom. The molecule has 0 amide bonds. The number of methoxy groups -OCH3 is 3. The summed E-state index contributed by atoms with van der Waals surface area (Å²) in [7, 11) is -5.69. The van der Waals surface area contributed by atoms with Crippen molar-refractivity contribution in [1.82, 2.24) is 0 Å². The van der Waals surface area contributed by atoms with Crippen molar-refractivity contribution in [3.8, 4) is 23.0 Å². The minimum absolute atomic E-state index is 0.716. The molecule has 0 aromatic heterocycles. The Morgan fingerprint density at radius 3 is 1.60 bits per heavy atom. The van der Waals surface area contributed by atoms with E-state index in [9.17, 15) is 25.2 Å². The topological polar surface area (TPSA) is 36.9 Å². The molecule has 0 atom stereocenters.